The maximum Gasteiger partial charge on any atom is 0.345 e. The normalized spacial score (nSPS) is 13.7. The van der Waals surface area contributed by atoms with Crippen molar-refractivity contribution in [2.24, 2.45) is 11.3 Å². The molecule has 1 atom stereocenters. The van der Waals surface area contributed by atoms with Gasteiger partial charge in [0.1, 0.15) is 0 Å². The quantitative estimate of drug-likeness (QED) is 0.731. The summed E-state index contributed by atoms with van der Waals surface area (Å²) in [6.07, 6.45) is -0.686. The third kappa shape index (κ3) is 5.40. The molecule has 0 aromatic heterocycles. The summed E-state index contributed by atoms with van der Waals surface area (Å²) >= 11 is 0. The fourth-order valence-corrected chi connectivity index (χ4v) is 0.933. The van der Waals surface area contributed by atoms with E-state index < -0.39 is 23.5 Å². The monoisotopic (exact) mass is 216 g/mol. The number of carboxylic acid groups (broad SMARTS) is 1. The first-order valence-electron chi connectivity index (χ1n) is 5.08. The highest BCUT2D eigenvalue weighted by Gasteiger charge is 2.29. The summed E-state index contributed by atoms with van der Waals surface area (Å²) in [5, 5.41) is 8.86. The van der Waals surface area contributed by atoms with Crippen molar-refractivity contribution in [3.8, 4) is 0 Å². The SMILES string of the molecule is CC(C)CC(OC(=O)C(C)(C)C)C(=O)O. The lowest BCUT2D eigenvalue weighted by Gasteiger charge is -2.21. The zero-order valence-electron chi connectivity index (χ0n) is 10.0. The summed E-state index contributed by atoms with van der Waals surface area (Å²) in [7, 11) is 0. The average Bonchev–Trinajstić information content (AvgIpc) is 1.99. The highest BCUT2D eigenvalue weighted by molar-refractivity contribution is 5.80. The topological polar surface area (TPSA) is 63.6 Å². The van der Waals surface area contributed by atoms with Gasteiger partial charge in [-0.1, -0.05) is 13.8 Å². The van der Waals surface area contributed by atoms with E-state index in [0.29, 0.717) is 6.42 Å². The van der Waals surface area contributed by atoms with Crippen LogP contribution in [-0.4, -0.2) is 23.1 Å². The second-order valence-electron chi connectivity index (χ2n) is 5.11. The van der Waals surface area contributed by atoms with E-state index in [4.69, 9.17) is 9.84 Å². The van der Waals surface area contributed by atoms with Gasteiger partial charge in [-0.25, -0.2) is 4.79 Å². The molecule has 0 saturated heterocycles. The zero-order chi connectivity index (χ0) is 12.2. The number of ether oxygens (including phenoxy) is 1. The number of aliphatic carboxylic acids is 1. The Labute approximate surface area is 90.6 Å². The predicted molar refractivity (Wildman–Crippen MR) is 56.4 cm³/mol. The smallest absolute Gasteiger partial charge is 0.345 e. The molecule has 0 heterocycles. The lowest BCUT2D eigenvalue weighted by molar-refractivity contribution is -0.170. The van der Waals surface area contributed by atoms with Crippen LogP contribution in [-0.2, 0) is 14.3 Å². The molecule has 0 aliphatic carbocycles. The van der Waals surface area contributed by atoms with Crippen LogP contribution >= 0.6 is 0 Å². The molecule has 0 aliphatic rings. The number of carbonyl (C=O) groups is 2. The molecule has 0 fully saturated rings. The molecule has 0 aliphatic heterocycles. The molecule has 0 aromatic rings. The van der Waals surface area contributed by atoms with Crippen LogP contribution in [0.4, 0.5) is 0 Å². The van der Waals surface area contributed by atoms with Gasteiger partial charge < -0.3 is 9.84 Å². The summed E-state index contributed by atoms with van der Waals surface area (Å²) in [6, 6.07) is 0. The lowest BCUT2D eigenvalue weighted by atomic mass is 9.97. The third-order valence-corrected chi connectivity index (χ3v) is 1.82. The van der Waals surface area contributed by atoms with Crippen LogP contribution in [0.5, 0.6) is 0 Å². The maximum atomic E-state index is 11.5. The second kappa shape index (κ2) is 5.14. The van der Waals surface area contributed by atoms with Crippen molar-refractivity contribution in [2.45, 2.75) is 47.1 Å². The Morgan fingerprint density at radius 3 is 2.00 bits per heavy atom. The first kappa shape index (κ1) is 13.9. The first-order valence-corrected chi connectivity index (χ1v) is 5.08. The Kier molecular flexibility index (Phi) is 4.78. The van der Waals surface area contributed by atoms with Crippen LogP contribution in [0.3, 0.4) is 0 Å². The van der Waals surface area contributed by atoms with Crippen molar-refractivity contribution < 1.29 is 19.4 Å². The minimum atomic E-state index is -1.08. The fraction of sp³-hybridized carbons (Fsp3) is 0.818. The number of hydrogen-bond donors (Lipinski definition) is 1. The summed E-state index contributed by atoms with van der Waals surface area (Å²) in [6.45, 7) is 8.87. The Bertz CT molecular complexity index is 237. The molecule has 0 amide bonds. The molecule has 1 unspecified atom stereocenters. The fourth-order valence-electron chi connectivity index (χ4n) is 0.933. The molecule has 0 rings (SSSR count). The van der Waals surface area contributed by atoms with Crippen LogP contribution in [0.1, 0.15) is 41.0 Å². The molecule has 0 radical (unpaired) electrons. The summed E-state index contributed by atoms with van der Waals surface area (Å²) in [4.78, 5) is 22.3. The molecule has 4 nitrogen and oxygen atoms in total. The molecule has 0 spiro atoms. The van der Waals surface area contributed by atoms with Crippen molar-refractivity contribution in [3.63, 3.8) is 0 Å². The Hall–Kier alpha value is -1.06. The average molecular weight is 216 g/mol. The molecule has 15 heavy (non-hydrogen) atoms. The van der Waals surface area contributed by atoms with Crippen LogP contribution in [0, 0.1) is 11.3 Å². The Balaban J connectivity index is 4.43. The molecule has 0 bridgehead atoms. The number of esters is 1. The van der Waals surface area contributed by atoms with Crippen LogP contribution in [0.15, 0.2) is 0 Å². The van der Waals surface area contributed by atoms with Gasteiger partial charge in [0.15, 0.2) is 6.10 Å². The van der Waals surface area contributed by atoms with E-state index in [2.05, 4.69) is 0 Å². The van der Waals surface area contributed by atoms with Crippen LogP contribution in [0.25, 0.3) is 0 Å². The Morgan fingerprint density at radius 1 is 1.27 bits per heavy atom. The summed E-state index contributed by atoms with van der Waals surface area (Å²) in [5.74, 6) is -1.38. The first-order chi connectivity index (χ1) is 6.64. The van der Waals surface area contributed by atoms with Gasteiger partial charge in [-0.2, -0.15) is 0 Å². The van der Waals surface area contributed by atoms with Gasteiger partial charge in [-0.05, 0) is 33.1 Å². The van der Waals surface area contributed by atoms with E-state index in [1.807, 2.05) is 13.8 Å². The summed E-state index contributed by atoms with van der Waals surface area (Å²) in [5.41, 5.74) is -0.662. The highest BCUT2D eigenvalue weighted by Crippen LogP contribution is 2.18. The van der Waals surface area contributed by atoms with Gasteiger partial charge in [0, 0.05) is 0 Å². The number of carboxylic acids is 1. The Morgan fingerprint density at radius 2 is 1.73 bits per heavy atom. The van der Waals surface area contributed by atoms with Gasteiger partial charge in [0.25, 0.3) is 0 Å². The van der Waals surface area contributed by atoms with Gasteiger partial charge in [0.2, 0.25) is 0 Å². The standard InChI is InChI=1S/C11H20O4/c1-7(2)6-8(9(12)13)15-10(14)11(3,4)5/h7-8H,6H2,1-5H3,(H,12,13). The van der Waals surface area contributed by atoms with E-state index >= 15 is 0 Å². The molecular weight excluding hydrogens is 196 g/mol. The molecule has 0 saturated carbocycles. The van der Waals surface area contributed by atoms with Gasteiger partial charge in [0.05, 0.1) is 5.41 Å². The van der Waals surface area contributed by atoms with E-state index in [0.717, 1.165) is 0 Å². The molecule has 4 heteroatoms. The number of hydrogen-bond acceptors (Lipinski definition) is 3. The molecule has 88 valence electrons. The van der Waals surface area contributed by atoms with Crippen LogP contribution < -0.4 is 0 Å². The van der Waals surface area contributed by atoms with Crippen LogP contribution in [0.2, 0.25) is 0 Å². The van der Waals surface area contributed by atoms with Crippen molar-refractivity contribution in [1.82, 2.24) is 0 Å². The summed E-state index contributed by atoms with van der Waals surface area (Å²) < 4.78 is 4.95. The van der Waals surface area contributed by atoms with E-state index in [-0.39, 0.29) is 5.92 Å². The molecular formula is C11H20O4. The van der Waals surface area contributed by atoms with Crippen molar-refractivity contribution in [1.29, 1.82) is 0 Å². The van der Waals surface area contributed by atoms with Crippen molar-refractivity contribution in [3.05, 3.63) is 0 Å². The largest absolute Gasteiger partial charge is 0.479 e. The maximum absolute atomic E-state index is 11.5. The van der Waals surface area contributed by atoms with E-state index in [9.17, 15) is 9.59 Å². The lowest BCUT2D eigenvalue weighted by Crippen LogP contribution is -2.33. The third-order valence-electron chi connectivity index (χ3n) is 1.82. The predicted octanol–water partition coefficient (Wildman–Crippen LogP) is 2.07. The highest BCUT2D eigenvalue weighted by atomic mass is 16.6. The van der Waals surface area contributed by atoms with Gasteiger partial charge in [-0.15, -0.1) is 0 Å². The minimum Gasteiger partial charge on any atom is -0.479 e. The molecule has 1 N–H and O–H groups in total. The van der Waals surface area contributed by atoms with Crippen molar-refractivity contribution in [2.75, 3.05) is 0 Å². The number of carbonyl (C=O) groups excluding carboxylic acids is 1. The van der Waals surface area contributed by atoms with Gasteiger partial charge in [-0.3, -0.25) is 4.79 Å². The van der Waals surface area contributed by atoms with Crippen molar-refractivity contribution >= 4 is 11.9 Å². The number of rotatable bonds is 4. The molecule has 0 aromatic carbocycles. The second-order valence-corrected chi connectivity index (χ2v) is 5.11. The zero-order valence-corrected chi connectivity index (χ0v) is 10.0. The van der Waals surface area contributed by atoms with Gasteiger partial charge >= 0.3 is 11.9 Å². The minimum absolute atomic E-state index is 0.180. The van der Waals surface area contributed by atoms with E-state index in [1.54, 1.807) is 20.8 Å². The van der Waals surface area contributed by atoms with E-state index in [1.165, 1.54) is 0 Å².